The fourth-order valence-electron chi connectivity index (χ4n) is 3.32. The molecule has 30 heavy (non-hydrogen) atoms. The lowest BCUT2D eigenvalue weighted by molar-refractivity contribution is -0.136. The summed E-state index contributed by atoms with van der Waals surface area (Å²) in [6.45, 7) is -1.48. The third-order valence-corrected chi connectivity index (χ3v) is 4.67. The number of alkyl halides is 2. The van der Waals surface area contributed by atoms with Gasteiger partial charge in [-0.1, -0.05) is 18.2 Å². The van der Waals surface area contributed by atoms with Crippen molar-refractivity contribution in [1.82, 2.24) is 5.32 Å². The number of carbonyl (C=O) groups excluding carboxylic acids is 2. The lowest BCUT2D eigenvalue weighted by Crippen LogP contribution is -2.48. The Hall–Kier alpha value is -3.62. The molecule has 3 rings (SSSR count). The van der Waals surface area contributed by atoms with E-state index in [4.69, 9.17) is 9.47 Å². The van der Waals surface area contributed by atoms with Gasteiger partial charge in [-0.15, -0.1) is 0 Å². The number of halogens is 2. The highest BCUT2D eigenvalue weighted by Gasteiger charge is 2.38. The number of nitrogens with zero attached hydrogens (tertiary/aromatic N) is 1. The predicted molar refractivity (Wildman–Crippen MR) is 105 cm³/mol. The van der Waals surface area contributed by atoms with Crippen molar-refractivity contribution in [3.63, 3.8) is 0 Å². The Kier molecular flexibility index (Phi) is 6.20. The minimum atomic E-state index is -3.06. The lowest BCUT2D eigenvalue weighted by atomic mass is 9.94. The second kappa shape index (κ2) is 8.81. The second-order valence-corrected chi connectivity index (χ2v) is 6.32. The van der Waals surface area contributed by atoms with Crippen LogP contribution in [0.5, 0.6) is 11.5 Å². The van der Waals surface area contributed by atoms with Crippen LogP contribution in [-0.4, -0.2) is 32.8 Å². The van der Waals surface area contributed by atoms with E-state index in [1.165, 1.54) is 37.3 Å². The van der Waals surface area contributed by atoms with Gasteiger partial charge in [-0.05, 0) is 37.3 Å². The molecule has 0 fully saturated rings. The molecule has 1 aliphatic heterocycles. The van der Waals surface area contributed by atoms with Gasteiger partial charge in [0.25, 0.3) is 0 Å². The van der Waals surface area contributed by atoms with E-state index in [1.807, 2.05) is 0 Å². The standard InChI is InChI=1S/C21H20F2N2O5/c1-12-17(19(26)29-3)18(15-6-4-5-7-16(15)30-20(22)23)24-21(27)25(12)13-8-10-14(28-2)11-9-13/h4-11,18,20H,1-3H3,(H,24,27)/t18-/m1/s1. The Morgan fingerprint density at radius 3 is 2.37 bits per heavy atom. The number of ether oxygens (including phenoxy) is 3. The van der Waals surface area contributed by atoms with Gasteiger partial charge in [-0.2, -0.15) is 8.78 Å². The average Bonchev–Trinajstić information content (AvgIpc) is 2.73. The van der Waals surface area contributed by atoms with Crippen LogP contribution >= 0.6 is 0 Å². The molecule has 1 aliphatic rings. The first kappa shape index (κ1) is 21.1. The van der Waals surface area contributed by atoms with Crippen LogP contribution in [0.2, 0.25) is 0 Å². The van der Waals surface area contributed by atoms with Crippen LogP contribution in [0.15, 0.2) is 59.8 Å². The van der Waals surface area contributed by atoms with Crippen molar-refractivity contribution in [2.24, 2.45) is 0 Å². The number of allylic oxidation sites excluding steroid dienone is 1. The summed E-state index contributed by atoms with van der Waals surface area (Å²) in [5.41, 5.74) is 1.09. The molecule has 0 saturated heterocycles. The zero-order valence-electron chi connectivity index (χ0n) is 16.5. The van der Waals surface area contributed by atoms with Gasteiger partial charge >= 0.3 is 18.6 Å². The number of anilines is 1. The van der Waals surface area contributed by atoms with Crippen molar-refractivity contribution >= 4 is 17.7 Å². The summed E-state index contributed by atoms with van der Waals surface area (Å²) in [6.07, 6.45) is 0. The van der Waals surface area contributed by atoms with Crippen molar-refractivity contribution < 1.29 is 32.6 Å². The fourth-order valence-corrected chi connectivity index (χ4v) is 3.32. The maximum Gasteiger partial charge on any atom is 0.387 e. The third kappa shape index (κ3) is 4.05. The van der Waals surface area contributed by atoms with E-state index < -0.39 is 24.7 Å². The lowest BCUT2D eigenvalue weighted by Gasteiger charge is -2.35. The minimum absolute atomic E-state index is 0.0956. The van der Waals surface area contributed by atoms with E-state index >= 15 is 0 Å². The van der Waals surface area contributed by atoms with Crippen LogP contribution < -0.4 is 19.7 Å². The van der Waals surface area contributed by atoms with Crippen LogP contribution in [0, 0.1) is 0 Å². The molecule has 0 bridgehead atoms. The number of rotatable bonds is 6. The van der Waals surface area contributed by atoms with E-state index in [1.54, 1.807) is 37.3 Å². The molecule has 1 heterocycles. The molecule has 0 radical (unpaired) electrons. The van der Waals surface area contributed by atoms with Gasteiger partial charge in [0.2, 0.25) is 0 Å². The van der Waals surface area contributed by atoms with Crippen molar-refractivity contribution in [3.05, 3.63) is 65.4 Å². The minimum Gasteiger partial charge on any atom is -0.497 e. The normalized spacial score (nSPS) is 16.4. The summed E-state index contributed by atoms with van der Waals surface area (Å²) in [6, 6.07) is 11.0. The Balaban J connectivity index is 2.12. The molecule has 9 heteroatoms. The molecular weight excluding hydrogens is 398 g/mol. The van der Waals surface area contributed by atoms with Gasteiger partial charge in [-0.3, -0.25) is 4.90 Å². The first-order chi connectivity index (χ1) is 14.4. The highest BCUT2D eigenvalue weighted by Crippen LogP contribution is 2.38. The van der Waals surface area contributed by atoms with E-state index in [9.17, 15) is 18.4 Å². The summed E-state index contributed by atoms with van der Waals surface area (Å²) < 4.78 is 40.3. The first-order valence-electron chi connectivity index (χ1n) is 8.94. The molecule has 0 aliphatic carbocycles. The fraction of sp³-hybridized carbons (Fsp3) is 0.238. The smallest absolute Gasteiger partial charge is 0.387 e. The van der Waals surface area contributed by atoms with Gasteiger partial charge in [0.05, 0.1) is 31.5 Å². The molecule has 0 unspecified atom stereocenters. The topological polar surface area (TPSA) is 77.1 Å². The van der Waals surface area contributed by atoms with Gasteiger partial charge in [-0.25, -0.2) is 9.59 Å². The van der Waals surface area contributed by atoms with E-state index in [0.717, 1.165) is 0 Å². The molecule has 158 valence electrons. The summed E-state index contributed by atoms with van der Waals surface area (Å²) >= 11 is 0. The van der Waals surface area contributed by atoms with Gasteiger partial charge in [0, 0.05) is 11.3 Å². The number of methoxy groups -OCH3 is 2. The summed E-state index contributed by atoms with van der Waals surface area (Å²) in [4.78, 5) is 26.9. The van der Waals surface area contributed by atoms with Crippen LogP contribution in [0.4, 0.5) is 19.3 Å². The van der Waals surface area contributed by atoms with Crippen LogP contribution in [-0.2, 0) is 9.53 Å². The Labute approximate surface area is 171 Å². The van der Waals surface area contributed by atoms with Crippen LogP contribution in [0.1, 0.15) is 18.5 Å². The Bertz CT molecular complexity index is 976. The quantitative estimate of drug-likeness (QED) is 0.718. The van der Waals surface area contributed by atoms with Gasteiger partial charge < -0.3 is 19.5 Å². The van der Waals surface area contributed by atoms with Crippen molar-refractivity contribution in [1.29, 1.82) is 0 Å². The third-order valence-electron chi connectivity index (χ3n) is 4.67. The average molecular weight is 418 g/mol. The number of amides is 2. The molecule has 0 saturated carbocycles. The highest BCUT2D eigenvalue weighted by molar-refractivity contribution is 6.03. The van der Waals surface area contributed by atoms with Gasteiger partial charge in [0.1, 0.15) is 11.5 Å². The molecule has 1 atom stereocenters. The summed E-state index contributed by atoms with van der Waals surface area (Å²) in [7, 11) is 2.72. The van der Waals surface area contributed by atoms with E-state index in [0.29, 0.717) is 17.1 Å². The second-order valence-electron chi connectivity index (χ2n) is 6.32. The Morgan fingerprint density at radius 1 is 1.10 bits per heavy atom. The van der Waals surface area contributed by atoms with Crippen LogP contribution in [0.3, 0.4) is 0 Å². The maximum absolute atomic E-state index is 12.9. The number of carbonyl (C=O) groups is 2. The number of benzene rings is 2. The van der Waals surface area contributed by atoms with E-state index in [2.05, 4.69) is 10.1 Å². The number of esters is 1. The molecule has 0 aromatic heterocycles. The molecule has 1 N–H and O–H groups in total. The molecule has 2 amide bonds. The first-order valence-corrected chi connectivity index (χ1v) is 8.94. The van der Waals surface area contributed by atoms with E-state index in [-0.39, 0.29) is 16.9 Å². The molecule has 2 aromatic carbocycles. The van der Waals surface area contributed by atoms with Crippen LogP contribution in [0.25, 0.3) is 0 Å². The molecule has 7 nitrogen and oxygen atoms in total. The largest absolute Gasteiger partial charge is 0.497 e. The zero-order chi connectivity index (χ0) is 21.8. The number of hydrogen-bond acceptors (Lipinski definition) is 5. The van der Waals surface area contributed by atoms with Crippen molar-refractivity contribution in [3.8, 4) is 11.5 Å². The maximum atomic E-state index is 12.9. The van der Waals surface area contributed by atoms with Crippen molar-refractivity contribution in [2.45, 2.75) is 19.6 Å². The predicted octanol–water partition coefficient (Wildman–Crippen LogP) is 4.01. The SMILES string of the molecule is COC(=O)C1=C(C)N(c2ccc(OC)cc2)C(=O)N[C@@H]1c1ccccc1OC(F)F. The number of para-hydroxylation sites is 1. The molecule has 2 aromatic rings. The number of urea groups is 1. The molecule has 0 spiro atoms. The number of nitrogens with one attached hydrogen (secondary N) is 1. The summed E-state index contributed by atoms with van der Waals surface area (Å²) in [5.74, 6) is -0.255. The monoisotopic (exact) mass is 418 g/mol. The summed E-state index contributed by atoms with van der Waals surface area (Å²) in [5, 5.41) is 2.69. The Morgan fingerprint density at radius 2 is 1.77 bits per heavy atom. The molecular formula is C21H20F2N2O5. The van der Waals surface area contributed by atoms with Crippen molar-refractivity contribution in [2.75, 3.05) is 19.1 Å². The highest BCUT2D eigenvalue weighted by atomic mass is 19.3. The zero-order valence-corrected chi connectivity index (χ0v) is 16.5. The van der Waals surface area contributed by atoms with Gasteiger partial charge in [0.15, 0.2) is 0 Å². The number of hydrogen-bond donors (Lipinski definition) is 1.